The Morgan fingerprint density at radius 2 is 1.91 bits per heavy atom. The summed E-state index contributed by atoms with van der Waals surface area (Å²) in [6.45, 7) is 4.10. The van der Waals surface area contributed by atoms with Gasteiger partial charge < -0.3 is 10.2 Å². The maximum absolute atomic E-state index is 12.4. The normalized spacial score (nSPS) is 15.7. The molecule has 1 fully saturated rings. The van der Waals surface area contributed by atoms with E-state index in [-0.39, 0.29) is 6.03 Å². The van der Waals surface area contributed by atoms with E-state index in [1.807, 2.05) is 4.90 Å². The van der Waals surface area contributed by atoms with E-state index >= 15 is 0 Å². The molecule has 23 heavy (non-hydrogen) atoms. The van der Waals surface area contributed by atoms with Gasteiger partial charge in [-0.2, -0.15) is 0 Å². The standard InChI is InChI=1S/C16H17Cl2N3OS/c17-13-4-1-5-14(15(13)18)19-16(22)21-8-6-20(7-9-21)11-12-3-2-10-23-12/h1-5,10H,6-9,11H2,(H,19,22). The number of nitrogens with one attached hydrogen (secondary N) is 1. The van der Waals surface area contributed by atoms with Gasteiger partial charge in [-0.3, -0.25) is 4.90 Å². The predicted molar refractivity (Wildman–Crippen MR) is 96.6 cm³/mol. The lowest BCUT2D eigenvalue weighted by Crippen LogP contribution is -2.49. The van der Waals surface area contributed by atoms with E-state index in [1.165, 1.54) is 4.88 Å². The van der Waals surface area contributed by atoms with Gasteiger partial charge in [-0.05, 0) is 23.6 Å². The van der Waals surface area contributed by atoms with Gasteiger partial charge in [-0.25, -0.2) is 4.79 Å². The molecule has 0 aliphatic carbocycles. The minimum Gasteiger partial charge on any atom is -0.322 e. The number of nitrogens with zero attached hydrogens (tertiary/aromatic N) is 2. The number of urea groups is 1. The highest BCUT2D eigenvalue weighted by Crippen LogP contribution is 2.29. The van der Waals surface area contributed by atoms with Crippen LogP contribution in [0.3, 0.4) is 0 Å². The summed E-state index contributed by atoms with van der Waals surface area (Å²) < 4.78 is 0. The highest BCUT2D eigenvalue weighted by molar-refractivity contribution is 7.09. The van der Waals surface area contributed by atoms with Gasteiger partial charge >= 0.3 is 6.03 Å². The van der Waals surface area contributed by atoms with Crippen LogP contribution in [0.1, 0.15) is 4.88 Å². The Kier molecular flexibility index (Phi) is 5.43. The Morgan fingerprint density at radius 1 is 1.13 bits per heavy atom. The average Bonchev–Trinajstić information content (AvgIpc) is 3.05. The van der Waals surface area contributed by atoms with Crippen LogP contribution in [-0.4, -0.2) is 42.0 Å². The zero-order valence-corrected chi connectivity index (χ0v) is 14.8. The second-order valence-electron chi connectivity index (χ2n) is 5.37. The number of amides is 2. The van der Waals surface area contributed by atoms with Gasteiger partial charge in [-0.15, -0.1) is 11.3 Å². The van der Waals surface area contributed by atoms with Gasteiger partial charge in [0.05, 0.1) is 15.7 Å². The van der Waals surface area contributed by atoms with E-state index in [2.05, 4.69) is 27.7 Å². The van der Waals surface area contributed by atoms with Gasteiger partial charge in [0, 0.05) is 37.6 Å². The molecule has 0 bridgehead atoms. The first-order valence-electron chi connectivity index (χ1n) is 7.38. The van der Waals surface area contributed by atoms with Crippen LogP contribution in [0.2, 0.25) is 10.0 Å². The van der Waals surface area contributed by atoms with Crippen LogP contribution in [-0.2, 0) is 6.54 Å². The molecule has 4 nitrogen and oxygen atoms in total. The van der Waals surface area contributed by atoms with Crippen LogP contribution in [0.15, 0.2) is 35.7 Å². The van der Waals surface area contributed by atoms with E-state index in [4.69, 9.17) is 23.2 Å². The number of halogens is 2. The zero-order chi connectivity index (χ0) is 16.2. The molecular formula is C16H17Cl2N3OS. The number of anilines is 1. The Balaban J connectivity index is 1.53. The van der Waals surface area contributed by atoms with Gasteiger partial charge in [-0.1, -0.05) is 35.3 Å². The predicted octanol–water partition coefficient (Wildman–Crippen LogP) is 4.40. The van der Waals surface area contributed by atoms with Crippen molar-refractivity contribution in [3.05, 3.63) is 50.6 Å². The number of hydrogen-bond acceptors (Lipinski definition) is 3. The molecule has 3 rings (SSSR count). The third-order valence-electron chi connectivity index (χ3n) is 3.81. The fraction of sp³-hybridized carbons (Fsp3) is 0.312. The van der Waals surface area contributed by atoms with Crippen LogP contribution < -0.4 is 5.32 Å². The lowest BCUT2D eigenvalue weighted by Gasteiger charge is -2.34. The molecule has 2 amide bonds. The molecule has 7 heteroatoms. The fourth-order valence-corrected chi connectivity index (χ4v) is 3.62. The van der Waals surface area contributed by atoms with Crippen LogP contribution in [0.5, 0.6) is 0 Å². The van der Waals surface area contributed by atoms with Crippen molar-refractivity contribution < 1.29 is 4.79 Å². The molecule has 1 aromatic carbocycles. The molecule has 0 unspecified atom stereocenters. The Bertz CT molecular complexity index is 670. The first kappa shape index (κ1) is 16.6. The smallest absolute Gasteiger partial charge is 0.321 e. The van der Waals surface area contributed by atoms with Crippen LogP contribution >= 0.6 is 34.5 Å². The molecule has 1 aromatic heterocycles. The van der Waals surface area contributed by atoms with Gasteiger partial charge in [0.1, 0.15) is 0 Å². The summed E-state index contributed by atoms with van der Waals surface area (Å²) >= 11 is 13.8. The van der Waals surface area contributed by atoms with E-state index < -0.39 is 0 Å². The minimum atomic E-state index is -0.134. The highest BCUT2D eigenvalue weighted by Gasteiger charge is 2.22. The monoisotopic (exact) mass is 369 g/mol. The topological polar surface area (TPSA) is 35.6 Å². The number of piperazine rings is 1. The number of rotatable bonds is 3. The molecule has 2 heterocycles. The Hall–Kier alpha value is -1.27. The van der Waals surface area contributed by atoms with Crippen molar-refractivity contribution in [3.8, 4) is 0 Å². The summed E-state index contributed by atoms with van der Waals surface area (Å²) in [5.74, 6) is 0. The Labute approximate surface area is 149 Å². The molecule has 1 saturated heterocycles. The highest BCUT2D eigenvalue weighted by atomic mass is 35.5. The molecule has 0 atom stereocenters. The van der Waals surface area contributed by atoms with Crippen molar-refractivity contribution in [2.75, 3.05) is 31.5 Å². The van der Waals surface area contributed by atoms with E-state index in [0.717, 1.165) is 19.6 Å². The van der Waals surface area contributed by atoms with Gasteiger partial charge in [0.15, 0.2) is 0 Å². The zero-order valence-electron chi connectivity index (χ0n) is 12.5. The first-order valence-corrected chi connectivity index (χ1v) is 9.02. The minimum absolute atomic E-state index is 0.134. The summed E-state index contributed by atoms with van der Waals surface area (Å²) in [5.41, 5.74) is 0.546. The van der Waals surface area contributed by atoms with Crippen molar-refractivity contribution >= 4 is 46.3 Å². The van der Waals surface area contributed by atoms with Gasteiger partial charge in [0.25, 0.3) is 0 Å². The largest absolute Gasteiger partial charge is 0.322 e. The average molecular weight is 370 g/mol. The molecule has 1 N–H and O–H groups in total. The molecule has 0 spiro atoms. The SMILES string of the molecule is O=C(Nc1cccc(Cl)c1Cl)N1CCN(Cc2cccs2)CC1. The number of benzene rings is 1. The third kappa shape index (κ3) is 4.18. The maximum atomic E-state index is 12.4. The lowest BCUT2D eigenvalue weighted by atomic mass is 10.3. The third-order valence-corrected chi connectivity index (χ3v) is 5.49. The van der Waals surface area contributed by atoms with Crippen LogP contribution in [0.25, 0.3) is 0 Å². The number of carbonyl (C=O) groups is 1. The first-order chi connectivity index (χ1) is 11.1. The summed E-state index contributed by atoms with van der Waals surface area (Å²) in [4.78, 5) is 17.9. The number of thiophene rings is 1. The van der Waals surface area contributed by atoms with Crippen LogP contribution in [0, 0.1) is 0 Å². The summed E-state index contributed by atoms with van der Waals surface area (Å²) in [7, 11) is 0. The second-order valence-corrected chi connectivity index (χ2v) is 7.19. The van der Waals surface area contributed by atoms with Crippen molar-refractivity contribution in [3.63, 3.8) is 0 Å². The molecule has 0 radical (unpaired) electrons. The molecule has 1 aliphatic heterocycles. The molecule has 2 aromatic rings. The summed E-state index contributed by atoms with van der Waals surface area (Å²) in [5, 5.41) is 5.74. The molecular weight excluding hydrogens is 353 g/mol. The fourth-order valence-electron chi connectivity index (χ4n) is 2.53. The molecule has 122 valence electrons. The maximum Gasteiger partial charge on any atom is 0.321 e. The second kappa shape index (κ2) is 7.53. The van der Waals surface area contributed by atoms with E-state index in [1.54, 1.807) is 29.5 Å². The van der Waals surface area contributed by atoms with Crippen LogP contribution in [0.4, 0.5) is 10.5 Å². The quantitative estimate of drug-likeness (QED) is 0.869. The van der Waals surface area contributed by atoms with Gasteiger partial charge in [0.2, 0.25) is 0 Å². The van der Waals surface area contributed by atoms with Crippen molar-refractivity contribution in [2.24, 2.45) is 0 Å². The number of hydrogen-bond donors (Lipinski definition) is 1. The van der Waals surface area contributed by atoms with E-state index in [9.17, 15) is 4.79 Å². The Morgan fingerprint density at radius 3 is 2.61 bits per heavy atom. The summed E-state index contributed by atoms with van der Waals surface area (Å²) in [6, 6.07) is 9.29. The molecule has 1 aliphatic rings. The number of carbonyl (C=O) groups excluding carboxylic acids is 1. The summed E-state index contributed by atoms with van der Waals surface area (Å²) in [6.07, 6.45) is 0. The molecule has 0 saturated carbocycles. The van der Waals surface area contributed by atoms with Crippen molar-refractivity contribution in [1.82, 2.24) is 9.80 Å². The van der Waals surface area contributed by atoms with Crippen molar-refractivity contribution in [1.29, 1.82) is 0 Å². The van der Waals surface area contributed by atoms with E-state index in [0.29, 0.717) is 28.8 Å². The van der Waals surface area contributed by atoms with Crippen molar-refractivity contribution in [2.45, 2.75) is 6.54 Å². The lowest BCUT2D eigenvalue weighted by molar-refractivity contribution is 0.143.